The number of para-hydroxylation sites is 1. The maximum Gasteiger partial charge on any atom is 0.335 e. The number of carbonyl (C=O) groups is 1. The predicted molar refractivity (Wildman–Crippen MR) is 108 cm³/mol. The van der Waals surface area contributed by atoms with Gasteiger partial charge >= 0.3 is 5.97 Å². The number of aryl methyl sites for hydroxylation is 2. The number of aromatic nitrogens is 1. The molecular formula is C21H19BrN2O2. The zero-order chi connectivity index (χ0) is 18.8. The molecule has 1 aromatic heterocycles. The van der Waals surface area contributed by atoms with Gasteiger partial charge in [-0.2, -0.15) is 0 Å². The molecule has 3 aromatic rings. The Bertz CT molecular complexity index is 1020. The Labute approximate surface area is 161 Å². The summed E-state index contributed by atoms with van der Waals surface area (Å²) in [6.07, 6.45) is 1.86. The number of benzene rings is 2. The van der Waals surface area contributed by atoms with Gasteiger partial charge in [-0.25, -0.2) is 4.79 Å². The highest BCUT2D eigenvalue weighted by molar-refractivity contribution is 9.10. The lowest BCUT2D eigenvalue weighted by Crippen LogP contribution is -2.04. The monoisotopic (exact) mass is 410 g/mol. The van der Waals surface area contributed by atoms with Crippen LogP contribution in [0.25, 0.3) is 5.69 Å². The fourth-order valence-electron chi connectivity index (χ4n) is 3.02. The van der Waals surface area contributed by atoms with Crippen LogP contribution < -0.4 is 0 Å². The smallest absolute Gasteiger partial charge is 0.335 e. The van der Waals surface area contributed by atoms with Crippen LogP contribution in [-0.4, -0.2) is 21.9 Å². The Morgan fingerprint density at radius 1 is 1.12 bits per heavy atom. The van der Waals surface area contributed by atoms with E-state index in [-0.39, 0.29) is 0 Å². The van der Waals surface area contributed by atoms with E-state index in [0.29, 0.717) is 5.56 Å². The number of carboxylic acids is 1. The lowest BCUT2D eigenvalue weighted by atomic mass is 10.1. The second-order valence-electron chi connectivity index (χ2n) is 6.18. The molecule has 0 saturated heterocycles. The first-order chi connectivity index (χ1) is 12.4. The van der Waals surface area contributed by atoms with Crippen molar-refractivity contribution >= 4 is 33.8 Å². The lowest BCUT2D eigenvalue weighted by Gasteiger charge is -2.13. The molecule has 0 aliphatic rings. The summed E-state index contributed by atoms with van der Waals surface area (Å²) in [5.74, 6) is -0.915. The average molecular weight is 411 g/mol. The van der Waals surface area contributed by atoms with Gasteiger partial charge in [-0.05, 0) is 78.7 Å². The van der Waals surface area contributed by atoms with Gasteiger partial charge in [0.05, 0.1) is 11.3 Å². The third-order valence-corrected chi connectivity index (χ3v) is 5.02. The van der Waals surface area contributed by atoms with E-state index in [1.165, 1.54) is 0 Å². The quantitative estimate of drug-likeness (QED) is 0.567. The fourth-order valence-corrected chi connectivity index (χ4v) is 3.41. The first kappa shape index (κ1) is 18.1. The summed E-state index contributed by atoms with van der Waals surface area (Å²) >= 11 is 3.51. The molecular weight excluding hydrogens is 392 g/mol. The molecule has 2 aromatic carbocycles. The molecule has 0 aliphatic carbocycles. The Kier molecular flexibility index (Phi) is 5.09. The van der Waals surface area contributed by atoms with E-state index < -0.39 is 5.97 Å². The molecule has 26 heavy (non-hydrogen) atoms. The number of aromatic carboxylic acids is 1. The molecule has 0 radical (unpaired) electrons. The largest absolute Gasteiger partial charge is 0.478 e. The SMILES string of the molecule is Cc1cc(C(=O)O)ccc1-n1c(C)cc(C=Nc2ccccc2Br)c1C. The van der Waals surface area contributed by atoms with Crippen molar-refractivity contribution in [1.82, 2.24) is 4.57 Å². The van der Waals surface area contributed by atoms with Crippen molar-refractivity contribution in [2.75, 3.05) is 0 Å². The summed E-state index contributed by atoms with van der Waals surface area (Å²) in [7, 11) is 0. The molecule has 0 aliphatic heterocycles. The molecule has 0 atom stereocenters. The maximum atomic E-state index is 11.2. The van der Waals surface area contributed by atoms with E-state index in [1.807, 2.05) is 57.3 Å². The number of carboxylic acid groups (broad SMARTS) is 1. The summed E-state index contributed by atoms with van der Waals surface area (Å²) in [6, 6.07) is 15.1. The van der Waals surface area contributed by atoms with Gasteiger partial charge in [-0.1, -0.05) is 12.1 Å². The fraction of sp³-hybridized carbons (Fsp3) is 0.143. The van der Waals surface area contributed by atoms with Crippen molar-refractivity contribution < 1.29 is 9.90 Å². The van der Waals surface area contributed by atoms with E-state index >= 15 is 0 Å². The highest BCUT2D eigenvalue weighted by atomic mass is 79.9. The standard InChI is InChI=1S/C21H19BrN2O2/c1-13-10-16(21(25)26)8-9-20(13)24-14(2)11-17(15(24)3)12-23-19-7-5-4-6-18(19)22/h4-12H,1-3H3,(H,25,26). The van der Waals surface area contributed by atoms with Gasteiger partial charge in [0.1, 0.15) is 0 Å². The zero-order valence-corrected chi connectivity index (χ0v) is 16.4. The van der Waals surface area contributed by atoms with Crippen molar-refractivity contribution in [2.45, 2.75) is 20.8 Å². The van der Waals surface area contributed by atoms with Crippen LogP contribution >= 0.6 is 15.9 Å². The molecule has 1 heterocycles. The lowest BCUT2D eigenvalue weighted by molar-refractivity contribution is 0.0697. The minimum Gasteiger partial charge on any atom is -0.478 e. The van der Waals surface area contributed by atoms with E-state index in [4.69, 9.17) is 5.11 Å². The first-order valence-electron chi connectivity index (χ1n) is 8.20. The van der Waals surface area contributed by atoms with E-state index in [9.17, 15) is 4.79 Å². The van der Waals surface area contributed by atoms with Gasteiger partial charge in [0.2, 0.25) is 0 Å². The zero-order valence-electron chi connectivity index (χ0n) is 14.8. The number of nitrogens with zero attached hydrogens (tertiary/aromatic N) is 2. The molecule has 0 saturated carbocycles. The molecule has 0 fully saturated rings. The summed E-state index contributed by atoms with van der Waals surface area (Å²) < 4.78 is 3.08. The minimum atomic E-state index is -0.915. The normalized spacial score (nSPS) is 11.2. The van der Waals surface area contributed by atoms with Crippen molar-refractivity contribution in [3.05, 3.63) is 81.1 Å². The Hall–Kier alpha value is -2.66. The van der Waals surface area contributed by atoms with E-state index in [2.05, 4.69) is 31.6 Å². The number of hydrogen-bond acceptors (Lipinski definition) is 2. The van der Waals surface area contributed by atoms with Gasteiger partial charge in [0, 0.05) is 33.3 Å². The van der Waals surface area contributed by atoms with Crippen LogP contribution in [-0.2, 0) is 0 Å². The summed E-state index contributed by atoms with van der Waals surface area (Å²) in [5, 5.41) is 9.16. The number of hydrogen-bond donors (Lipinski definition) is 1. The summed E-state index contributed by atoms with van der Waals surface area (Å²) in [6.45, 7) is 6.00. The number of aliphatic imine (C=N–C) groups is 1. The predicted octanol–water partition coefficient (Wildman–Crippen LogP) is 5.61. The second kappa shape index (κ2) is 7.30. The third kappa shape index (κ3) is 3.48. The van der Waals surface area contributed by atoms with Crippen molar-refractivity contribution in [3.63, 3.8) is 0 Å². The summed E-state index contributed by atoms with van der Waals surface area (Å²) in [4.78, 5) is 15.7. The number of halogens is 1. The van der Waals surface area contributed by atoms with Crippen LogP contribution in [0.3, 0.4) is 0 Å². The Morgan fingerprint density at radius 3 is 2.50 bits per heavy atom. The molecule has 132 valence electrons. The van der Waals surface area contributed by atoms with Gasteiger partial charge in [0.25, 0.3) is 0 Å². The van der Waals surface area contributed by atoms with Gasteiger partial charge in [0.15, 0.2) is 0 Å². The highest BCUT2D eigenvalue weighted by Gasteiger charge is 2.13. The molecule has 0 amide bonds. The molecule has 0 unspecified atom stereocenters. The van der Waals surface area contributed by atoms with Crippen LogP contribution in [0.2, 0.25) is 0 Å². The van der Waals surface area contributed by atoms with E-state index in [1.54, 1.807) is 12.1 Å². The van der Waals surface area contributed by atoms with Gasteiger partial charge in [-0.15, -0.1) is 0 Å². The first-order valence-corrected chi connectivity index (χ1v) is 8.99. The molecule has 0 spiro atoms. The highest BCUT2D eigenvalue weighted by Crippen LogP contribution is 2.26. The topological polar surface area (TPSA) is 54.6 Å². The van der Waals surface area contributed by atoms with Crippen molar-refractivity contribution in [1.29, 1.82) is 0 Å². The van der Waals surface area contributed by atoms with Crippen LogP contribution in [0.15, 0.2) is 58.0 Å². The molecule has 1 N–H and O–H groups in total. The molecule has 0 bridgehead atoms. The second-order valence-corrected chi connectivity index (χ2v) is 7.03. The minimum absolute atomic E-state index is 0.296. The Balaban J connectivity index is 2.01. The molecule has 4 nitrogen and oxygen atoms in total. The maximum absolute atomic E-state index is 11.2. The van der Waals surface area contributed by atoms with E-state index in [0.717, 1.165) is 38.4 Å². The van der Waals surface area contributed by atoms with Gasteiger partial charge in [-0.3, -0.25) is 4.99 Å². The molecule has 5 heteroatoms. The van der Waals surface area contributed by atoms with Gasteiger partial charge < -0.3 is 9.67 Å². The van der Waals surface area contributed by atoms with Crippen LogP contribution in [0.1, 0.15) is 32.9 Å². The van der Waals surface area contributed by atoms with Crippen molar-refractivity contribution in [2.24, 2.45) is 4.99 Å². The van der Waals surface area contributed by atoms with Crippen LogP contribution in [0.5, 0.6) is 0 Å². The van der Waals surface area contributed by atoms with Crippen molar-refractivity contribution in [3.8, 4) is 5.69 Å². The summed E-state index contributed by atoms with van der Waals surface area (Å²) in [5.41, 5.74) is 6.22. The number of rotatable bonds is 4. The van der Waals surface area contributed by atoms with Crippen LogP contribution in [0.4, 0.5) is 5.69 Å². The Morgan fingerprint density at radius 2 is 1.85 bits per heavy atom. The van der Waals surface area contributed by atoms with Crippen LogP contribution in [0, 0.1) is 20.8 Å². The average Bonchev–Trinajstić information content (AvgIpc) is 2.88. The molecule has 3 rings (SSSR count). The third-order valence-electron chi connectivity index (χ3n) is 4.35.